The van der Waals surface area contributed by atoms with Gasteiger partial charge >= 0.3 is 18.0 Å². The SMILES string of the molecule is COC(=O)C[C@H]1CN=N[C@]1(NC(=O)OCc1ccccc1)C(=O)OCc1ccccc1. The van der Waals surface area contributed by atoms with Crippen LogP contribution in [0.3, 0.4) is 0 Å². The van der Waals surface area contributed by atoms with E-state index in [1.165, 1.54) is 7.11 Å². The molecule has 0 fully saturated rings. The number of nitrogens with zero attached hydrogens (tertiary/aromatic N) is 2. The third-order valence-corrected chi connectivity index (χ3v) is 4.79. The normalized spacial score (nSPS) is 19.5. The number of carbonyl (C=O) groups excluding carboxylic acids is 3. The van der Waals surface area contributed by atoms with E-state index in [4.69, 9.17) is 14.2 Å². The summed E-state index contributed by atoms with van der Waals surface area (Å²) in [6.45, 7) is 0.0256. The van der Waals surface area contributed by atoms with Crippen molar-refractivity contribution in [3.05, 3.63) is 71.8 Å². The molecule has 0 unspecified atom stereocenters. The maximum Gasteiger partial charge on any atom is 0.409 e. The highest BCUT2D eigenvalue weighted by Gasteiger charge is 2.53. The molecule has 2 atom stereocenters. The van der Waals surface area contributed by atoms with E-state index >= 15 is 0 Å². The lowest BCUT2D eigenvalue weighted by Crippen LogP contribution is -2.58. The molecule has 0 aliphatic carbocycles. The van der Waals surface area contributed by atoms with E-state index in [1.807, 2.05) is 36.4 Å². The first-order valence-corrected chi connectivity index (χ1v) is 9.69. The molecule has 2 aromatic carbocycles. The smallest absolute Gasteiger partial charge is 0.409 e. The first kappa shape index (κ1) is 21.9. The van der Waals surface area contributed by atoms with Gasteiger partial charge in [0, 0.05) is 5.92 Å². The molecule has 1 aliphatic rings. The van der Waals surface area contributed by atoms with E-state index in [0.29, 0.717) is 0 Å². The molecule has 1 aliphatic heterocycles. The largest absolute Gasteiger partial charge is 0.469 e. The van der Waals surface area contributed by atoms with Gasteiger partial charge in [0.1, 0.15) is 13.2 Å². The van der Waals surface area contributed by atoms with Crippen LogP contribution in [0.4, 0.5) is 4.79 Å². The summed E-state index contributed by atoms with van der Waals surface area (Å²) in [7, 11) is 1.24. The molecule has 0 spiro atoms. The van der Waals surface area contributed by atoms with Crippen molar-refractivity contribution in [3.63, 3.8) is 0 Å². The molecule has 2 aromatic rings. The van der Waals surface area contributed by atoms with Gasteiger partial charge < -0.3 is 14.2 Å². The number of hydrogen-bond donors (Lipinski definition) is 1. The lowest BCUT2D eigenvalue weighted by Gasteiger charge is -2.29. The van der Waals surface area contributed by atoms with Crippen LogP contribution in [0.15, 0.2) is 70.9 Å². The highest BCUT2D eigenvalue weighted by molar-refractivity contribution is 5.87. The van der Waals surface area contributed by atoms with Crippen LogP contribution in [0.1, 0.15) is 17.5 Å². The van der Waals surface area contributed by atoms with Gasteiger partial charge in [0.2, 0.25) is 0 Å². The number of amides is 1. The van der Waals surface area contributed by atoms with Crippen molar-refractivity contribution in [2.45, 2.75) is 25.3 Å². The molecule has 0 saturated heterocycles. The molecule has 9 heteroatoms. The van der Waals surface area contributed by atoms with E-state index in [0.717, 1.165) is 11.1 Å². The summed E-state index contributed by atoms with van der Waals surface area (Å²) >= 11 is 0. The first-order valence-electron chi connectivity index (χ1n) is 9.69. The number of hydrogen-bond acceptors (Lipinski definition) is 8. The Morgan fingerprint density at radius 2 is 1.55 bits per heavy atom. The molecule has 3 rings (SSSR count). The molecule has 31 heavy (non-hydrogen) atoms. The second kappa shape index (κ2) is 10.3. The predicted octanol–water partition coefficient (Wildman–Crippen LogP) is 3.00. The summed E-state index contributed by atoms with van der Waals surface area (Å²) < 4.78 is 15.3. The zero-order valence-corrected chi connectivity index (χ0v) is 17.0. The number of methoxy groups -OCH3 is 1. The molecule has 1 amide bonds. The molecule has 0 radical (unpaired) electrons. The third kappa shape index (κ3) is 5.65. The topological polar surface area (TPSA) is 116 Å². The maximum absolute atomic E-state index is 13.0. The molecule has 1 N–H and O–H groups in total. The zero-order valence-electron chi connectivity index (χ0n) is 17.0. The lowest BCUT2D eigenvalue weighted by atomic mass is 9.91. The van der Waals surface area contributed by atoms with Crippen molar-refractivity contribution < 1.29 is 28.6 Å². The Morgan fingerprint density at radius 3 is 2.13 bits per heavy atom. The Hall–Kier alpha value is -3.75. The first-order chi connectivity index (χ1) is 15.0. The van der Waals surface area contributed by atoms with Gasteiger partial charge in [-0.15, -0.1) is 0 Å². The molecule has 0 bridgehead atoms. The molecule has 0 saturated carbocycles. The second-order valence-corrected chi connectivity index (χ2v) is 6.92. The minimum atomic E-state index is -1.88. The zero-order chi connectivity index (χ0) is 22.1. The Labute approximate surface area is 179 Å². The number of alkyl carbamates (subject to hydrolysis) is 1. The van der Waals surface area contributed by atoms with Crippen LogP contribution in [0, 0.1) is 5.92 Å². The van der Waals surface area contributed by atoms with Crippen molar-refractivity contribution in [1.82, 2.24) is 5.32 Å². The minimum Gasteiger partial charge on any atom is -0.469 e. The van der Waals surface area contributed by atoms with E-state index in [2.05, 4.69) is 15.5 Å². The standard InChI is InChI=1S/C22H23N3O6/c1-29-19(26)12-18-13-23-25-22(18,20(27)30-14-16-8-4-2-5-9-16)24-21(28)31-15-17-10-6-3-7-11-17/h2-11,18H,12-15H2,1H3,(H,24,28)/t18-,22-/m0/s1. The van der Waals surface area contributed by atoms with Crippen LogP contribution < -0.4 is 5.32 Å². The summed E-state index contributed by atoms with van der Waals surface area (Å²) in [5.74, 6) is -2.16. The Bertz CT molecular complexity index is 935. The van der Waals surface area contributed by atoms with E-state index in [-0.39, 0.29) is 26.2 Å². The molecule has 162 valence electrons. The fraction of sp³-hybridized carbons (Fsp3) is 0.318. The van der Waals surface area contributed by atoms with Gasteiger partial charge in [-0.1, -0.05) is 60.7 Å². The van der Waals surface area contributed by atoms with Crippen molar-refractivity contribution in [2.24, 2.45) is 16.1 Å². The Morgan fingerprint density at radius 1 is 0.968 bits per heavy atom. The highest BCUT2D eigenvalue weighted by Crippen LogP contribution is 2.32. The molecule has 1 heterocycles. The van der Waals surface area contributed by atoms with Gasteiger partial charge in [0.15, 0.2) is 0 Å². The summed E-state index contributed by atoms with van der Waals surface area (Å²) in [5, 5.41) is 10.3. The summed E-state index contributed by atoms with van der Waals surface area (Å²) in [6, 6.07) is 18.1. The van der Waals surface area contributed by atoms with Crippen LogP contribution in [-0.4, -0.2) is 37.3 Å². The summed E-state index contributed by atoms with van der Waals surface area (Å²) in [6.07, 6.45) is -1.06. The summed E-state index contributed by atoms with van der Waals surface area (Å²) in [4.78, 5) is 37.4. The van der Waals surface area contributed by atoms with Gasteiger partial charge in [-0.25, -0.2) is 9.59 Å². The lowest BCUT2D eigenvalue weighted by molar-refractivity contribution is -0.155. The number of ether oxygens (including phenoxy) is 3. The van der Waals surface area contributed by atoms with Crippen molar-refractivity contribution >= 4 is 18.0 Å². The monoisotopic (exact) mass is 425 g/mol. The predicted molar refractivity (Wildman–Crippen MR) is 109 cm³/mol. The minimum absolute atomic E-state index is 0.000623. The van der Waals surface area contributed by atoms with Crippen LogP contribution in [-0.2, 0) is 37.0 Å². The maximum atomic E-state index is 13.0. The van der Waals surface area contributed by atoms with Gasteiger partial charge in [0.05, 0.1) is 20.1 Å². The van der Waals surface area contributed by atoms with Crippen LogP contribution >= 0.6 is 0 Å². The molecule has 9 nitrogen and oxygen atoms in total. The van der Waals surface area contributed by atoms with Crippen LogP contribution in [0.5, 0.6) is 0 Å². The van der Waals surface area contributed by atoms with E-state index in [9.17, 15) is 14.4 Å². The fourth-order valence-corrected chi connectivity index (χ4v) is 3.09. The van der Waals surface area contributed by atoms with Gasteiger partial charge in [-0.2, -0.15) is 10.2 Å². The van der Waals surface area contributed by atoms with Crippen molar-refractivity contribution in [2.75, 3.05) is 13.7 Å². The fourth-order valence-electron chi connectivity index (χ4n) is 3.09. The Kier molecular flexibility index (Phi) is 7.31. The summed E-state index contributed by atoms with van der Waals surface area (Å²) in [5.41, 5.74) is -0.342. The number of esters is 2. The van der Waals surface area contributed by atoms with Gasteiger partial charge in [-0.05, 0) is 11.1 Å². The van der Waals surface area contributed by atoms with Crippen molar-refractivity contribution in [3.8, 4) is 0 Å². The average molecular weight is 425 g/mol. The number of benzene rings is 2. The van der Waals surface area contributed by atoms with Crippen molar-refractivity contribution in [1.29, 1.82) is 0 Å². The third-order valence-electron chi connectivity index (χ3n) is 4.79. The molecular formula is C22H23N3O6. The van der Waals surface area contributed by atoms with E-state index < -0.39 is 29.6 Å². The number of azo groups is 1. The number of nitrogens with one attached hydrogen (secondary N) is 1. The molecule has 0 aromatic heterocycles. The molecular weight excluding hydrogens is 402 g/mol. The van der Waals surface area contributed by atoms with Gasteiger partial charge in [0.25, 0.3) is 5.66 Å². The number of carbonyl (C=O) groups is 3. The number of rotatable bonds is 8. The Balaban J connectivity index is 1.73. The quantitative estimate of drug-likeness (QED) is 0.513. The average Bonchev–Trinajstić information content (AvgIpc) is 3.20. The van der Waals surface area contributed by atoms with E-state index in [1.54, 1.807) is 24.3 Å². The highest BCUT2D eigenvalue weighted by atomic mass is 16.6. The second-order valence-electron chi connectivity index (χ2n) is 6.92. The van der Waals surface area contributed by atoms with Gasteiger partial charge in [-0.3, -0.25) is 10.1 Å². The van der Waals surface area contributed by atoms with Crippen LogP contribution in [0.25, 0.3) is 0 Å². The van der Waals surface area contributed by atoms with Crippen LogP contribution in [0.2, 0.25) is 0 Å².